The Labute approximate surface area is 169 Å². The molecule has 2 aromatic rings. The molecule has 1 aliphatic rings. The number of esters is 1. The first-order chi connectivity index (χ1) is 13.2. The average Bonchev–Trinajstić information content (AvgIpc) is 3.05. The molecule has 1 aromatic heterocycles. The fraction of sp³-hybridized carbons (Fsp3) is 0.400. The van der Waals surface area contributed by atoms with E-state index in [4.69, 9.17) is 4.74 Å². The molecule has 1 aromatic carbocycles. The second kappa shape index (κ2) is 8.05. The first-order valence-corrected chi connectivity index (χ1v) is 11.8. The van der Waals surface area contributed by atoms with Crippen LogP contribution in [0.2, 0.25) is 0 Å². The minimum absolute atomic E-state index is 0.309. The number of benzene rings is 1. The quantitative estimate of drug-likeness (QED) is 0.528. The Hall–Kier alpha value is -2.19. The summed E-state index contributed by atoms with van der Waals surface area (Å²) in [6.45, 7) is 4.08. The van der Waals surface area contributed by atoms with Crippen LogP contribution in [0.25, 0.3) is 0 Å². The van der Waals surface area contributed by atoms with Crippen molar-refractivity contribution in [1.29, 1.82) is 0 Å². The summed E-state index contributed by atoms with van der Waals surface area (Å²) < 4.78 is 30.4. The summed E-state index contributed by atoms with van der Waals surface area (Å²) in [7, 11) is -3.35. The van der Waals surface area contributed by atoms with Gasteiger partial charge in [-0.3, -0.25) is 9.10 Å². The molecule has 0 fully saturated rings. The van der Waals surface area contributed by atoms with Gasteiger partial charge in [-0.2, -0.15) is 0 Å². The summed E-state index contributed by atoms with van der Waals surface area (Å²) >= 11 is 1.37. The highest BCUT2D eigenvalue weighted by molar-refractivity contribution is 7.92. The normalized spacial score (nSPS) is 13.9. The summed E-state index contributed by atoms with van der Waals surface area (Å²) in [6, 6.07) is 6.75. The predicted molar refractivity (Wildman–Crippen MR) is 110 cm³/mol. The molecule has 28 heavy (non-hydrogen) atoms. The molecule has 1 aliphatic heterocycles. The maximum absolute atomic E-state index is 12.5. The van der Waals surface area contributed by atoms with Gasteiger partial charge in [-0.25, -0.2) is 13.2 Å². The maximum Gasteiger partial charge on any atom is 0.348 e. The fourth-order valence-corrected chi connectivity index (χ4v) is 5.34. The summed E-state index contributed by atoms with van der Waals surface area (Å²) in [4.78, 5) is 26.2. The third-order valence-electron chi connectivity index (χ3n) is 4.81. The molecule has 0 spiro atoms. The molecule has 2 heterocycles. The van der Waals surface area contributed by atoms with Gasteiger partial charge in [-0.15, -0.1) is 11.3 Å². The molecule has 0 amide bonds. The number of thiophene rings is 1. The van der Waals surface area contributed by atoms with Crippen molar-refractivity contribution in [3.05, 3.63) is 50.7 Å². The van der Waals surface area contributed by atoms with Crippen LogP contribution in [0.5, 0.6) is 0 Å². The van der Waals surface area contributed by atoms with E-state index in [0.29, 0.717) is 35.5 Å². The molecule has 0 saturated heterocycles. The molecule has 150 valence electrons. The number of ketones is 1. The highest BCUT2D eigenvalue weighted by atomic mass is 32.2. The molecule has 0 bridgehead atoms. The van der Waals surface area contributed by atoms with Gasteiger partial charge in [0.15, 0.2) is 12.4 Å². The molecule has 0 unspecified atom stereocenters. The van der Waals surface area contributed by atoms with Crippen molar-refractivity contribution >= 4 is 38.8 Å². The van der Waals surface area contributed by atoms with Crippen LogP contribution in [-0.2, 0) is 27.6 Å². The lowest BCUT2D eigenvalue weighted by Crippen LogP contribution is -2.34. The van der Waals surface area contributed by atoms with Gasteiger partial charge < -0.3 is 4.74 Å². The Morgan fingerprint density at radius 3 is 2.64 bits per heavy atom. The van der Waals surface area contributed by atoms with Crippen LogP contribution in [0, 0.1) is 6.92 Å². The maximum atomic E-state index is 12.5. The fourth-order valence-electron chi connectivity index (χ4n) is 3.34. The zero-order valence-corrected chi connectivity index (χ0v) is 17.8. The standard InChI is InChI=1S/C20H23NO5S2/c1-4-14-11-19(27-13(14)2)20(23)26-12-18(22)16-7-8-17-15(10-16)6-5-9-21(17)28(3,24)25/h7-8,10-11H,4-6,9,12H2,1-3H3. The highest BCUT2D eigenvalue weighted by Crippen LogP contribution is 2.30. The molecule has 3 rings (SSSR count). The van der Waals surface area contributed by atoms with Crippen LogP contribution in [0.15, 0.2) is 24.3 Å². The summed E-state index contributed by atoms with van der Waals surface area (Å²) in [5, 5.41) is 0. The highest BCUT2D eigenvalue weighted by Gasteiger charge is 2.25. The van der Waals surface area contributed by atoms with Crippen LogP contribution >= 0.6 is 11.3 Å². The third-order valence-corrected chi connectivity index (χ3v) is 7.07. The van der Waals surface area contributed by atoms with Crippen molar-refractivity contribution in [2.75, 3.05) is 23.7 Å². The van der Waals surface area contributed by atoms with Crippen molar-refractivity contribution < 1.29 is 22.7 Å². The van der Waals surface area contributed by atoms with Crippen molar-refractivity contribution in [2.24, 2.45) is 0 Å². The molecule has 0 N–H and O–H groups in total. The number of sulfonamides is 1. The van der Waals surface area contributed by atoms with Gasteiger partial charge in [-0.1, -0.05) is 6.92 Å². The van der Waals surface area contributed by atoms with Gasteiger partial charge in [-0.05, 0) is 61.6 Å². The van der Waals surface area contributed by atoms with Crippen LogP contribution in [0.4, 0.5) is 5.69 Å². The Kier molecular flexibility index (Phi) is 5.90. The Balaban J connectivity index is 1.70. The molecule has 0 radical (unpaired) electrons. The number of rotatable bonds is 6. The van der Waals surface area contributed by atoms with Crippen molar-refractivity contribution in [3.8, 4) is 0 Å². The number of fused-ring (bicyclic) bond motifs is 1. The molecule has 0 saturated carbocycles. The van der Waals surface area contributed by atoms with Gasteiger partial charge in [0.05, 0.1) is 11.9 Å². The number of carbonyl (C=O) groups excluding carboxylic acids is 2. The Morgan fingerprint density at radius 1 is 1.25 bits per heavy atom. The topological polar surface area (TPSA) is 80.8 Å². The van der Waals surface area contributed by atoms with E-state index in [0.717, 1.165) is 22.4 Å². The van der Waals surface area contributed by atoms with Crippen molar-refractivity contribution in [2.45, 2.75) is 33.1 Å². The zero-order valence-electron chi connectivity index (χ0n) is 16.1. The third kappa shape index (κ3) is 4.28. The van der Waals surface area contributed by atoms with Crippen LogP contribution in [0.1, 0.15) is 49.4 Å². The van der Waals surface area contributed by atoms with Crippen LogP contribution in [-0.4, -0.2) is 39.6 Å². The van der Waals surface area contributed by atoms with E-state index in [2.05, 4.69) is 0 Å². The van der Waals surface area contributed by atoms with E-state index in [-0.39, 0.29) is 12.4 Å². The number of aryl methyl sites for hydroxylation is 3. The smallest absolute Gasteiger partial charge is 0.348 e. The van der Waals surface area contributed by atoms with Gasteiger partial charge in [0.2, 0.25) is 10.0 Å². The Bertz CT molecular complexity index is 1020. The Morgan fingerprint density at radius 2 is 2.00 bits per heavy atom. The largest absolute Gasteiger partial charge is 0.453 e. The van der Waals surface area contributed by atoms with E-state index in [1.165, 1.54) is 21.9 Å². The first kappa shape index (κ1) is 20.5. The summed E-state index contributed by atoms with van der Waals surface area (Å²) in [6.07, 6.45) is 3.42. The zero-order chi connectivity index (χ0) is 20.5. The van der Waals surface area contributed by atoms with E-state index >= 15 is 0 Å². The van der Waals surface area contributed by atoms with Gasteiger partial charge in [0, 0.05) is 17.0 Å². The van der Waals surface area contributed by atoms with Crippen molar-refractivity contribution in [3.63, 3.8) is 0 Å². The van der Waals surface area contributed by atoms with E-state index in [9.17, 15) is 18.0 Å². The lowest BCUT2D eigenvalue weighted by Gasteiger charge is -2.29. The van der Waals surface area contributed by atoms with Gasteiger partial charge >= 0.3 is 5.97 Å². The van der Waals surface area contributed by atoms with Crippen LogP contribution in [0.3, 0.4) is 0 Å². The summed E-state index contributed by atoms with van der Waals surface area (Å²) in [5.74, 6) is -0.806. The molecule has 6 nitrogen and oxygen atoms in total. The molecule has 0 aliphatic carbocycles. The summed E-state index contributed by atoms with van der Waals surface area (Å²) in [5.41, 5.74) is 2.95. The minimum atomic E-state index is -3.35. The second-order valence-electron chi connectivity index (χ2n) is 6.83. The SMILES string of the molecule is CCc1cc(C(=O)OCC(=O)c2ccc3c(c2)CCCN3S(C)(=O)=O)sc1C. The number of anilines is 1. The lowest BCUT2D eigenvalue weighted by atomic mass is 9.99. The minimum Gasteiger partial charge on any atom is -0.453 e. The molecular weight excluding hydrogens is 398 g/mol. The molecule has 0 atom stereocenters. The number of ether oxygens (including phenoxy) is 1. The first-order valence-electron chi connectivity index (χ1n) is 9.11. The van der Waals surface area contributed by atoms with Crippen LogP contribution < -0.4 is 4.31 Å². The number of hydrogen-bond donors (Lipinski definition) is 0. The number of carbonyl (C=O) groups is 2. The predicted octanol–water partition coefficient (Wildman–Crippen LogP) is 3.37. The van der Waals surface area contributed by atoms with E-state index in [1.54, 1.807) is 18.2 Å². The number of Topliss-reactive ketones (excluding diaryl/α,β-unsaturated/α-hetero) is 1. The number of hydrogen-bond acceptors (Lipinski definition) is 6. The van der Waals surface area contributed by atoms with Gasteiger partial charge in [0.25, 0.3) is 0 Å². The number of nitrogens with zero attached hydrogens (tertiary/aromatic N) is 1. The molecule has 8 heteroatoms. The van der Waals surface area contributed by atoms with Crippen molar-refractivity contribution in [1.82, 2.24) is 0 Å². The van der Waals surface area contributed by atoms with E-state index in [1.807, 2.05) is 19.9 Å². The van der Waals surface area contributed by atoms with Gasteiger partial charge in [0.1, 0.15) is 4.88 Å². The second-order valence-corrected chi connectivity index (χ2v) is 9.99. The average molecular weight is 422 g/mol. The monoisotopic (exact) mass is 421 g/mol. The molecular formula is C20H23NO5S2. The lowest BCUT2D eigenvalue weighted by molar-refractivity contribution is 0.0479. The van der Waals surface area contributed by atoms with E-state index < -0.39 is 16.0 Å².